The summed E-state index contributed by atoms with van der Waals surface area (Å²) < 4.78 is 19.2. The van der Waals surface area contributed by atoms with E-state index in [1.807, 2.05) is 6.08 Å². The first-order valence-electron chi connectivity index (χ1n) is 12.5. The molecule has 6 rings (SSSR count). The Hall–Kier alpha value is -3.76. The second-order valence-electron chi connectivity index (χ2n) is 10.7. The van der Waals surface area contributed by atoms with E-state index in [2.05, 4.69) is 0 Å². The third kappa shape index (κ3) is 3.34. The van der Waals surface area contributed by atoms with Crippen LogP contribution in [0, 0.1) is 34.9 Å². The zero-order chi connectivity index (χ0) is 28.0. The average Bonchev–Trinajstić information content (AvgIpc) is 3.25. The van der Waals surface area contributed by atoms with E-state index in [1.165, 1.54) is 25.3 Å². The summed E-state index contributed by atoms with van der Waals surface area (Å²) in [6.07, 6.45) is 2.11. The van der Waals surface area contributed by atoms with Gasteiger partial charge in [-0.15, -0.1) is 0 Å². The topological polar surface area (TPSA) is 124 Å². The van der Waals surface area contributed by atoms with E-state index in [0.717, 1.165) is 11.0 Å². The van der Waals surface area contributed by atoms with Gasteiger partial charge < -0.3 is 9.84 Å². The number of anilines is 1. The number of fused-ring (bicyclic) bond motifs is 4. The van der Waals surface area contributed by atoms with E-state index in [9.17, 15) is 33.9 Å². The Bertz CT molecular complexity index is 1510. The summed E-state index contributed by atoms with van der Waals surface area (Å²) in [5, 5.41) is 20.3. The van der Waals surface area contributed by atoms with Gasteiger partial charge in [-0.3, -0.25) is 24.4 Å². The normalized spacial score (nSPS) is 31.7. The number of hydroxylamine groups is 2. The third-order valence-electron chi connectivity index (χ3n) is 8.95. The third-order valence-corrected chi connectivity index (χ3v) is 9.24. The highest BCUT2D eigenvalue weighted by atomic mass is 35.5. The van der Waals surface area contributed by atoms with Crippen molar-refractivity contribution in [3.8, 4) is 11.5 Å². The summed E-state index contributed by atoms with van der Waals surface area (Å²) in [5.41, 5.74) is 0.0702. The Kier molecular flexibility index (Phi) is 5.64. The van der Waals surface area contributed by atoms with E-state index >= 15 is 0 Å². The van der Waals surface area contributed by atoms with Crippen LogP contribution in [-0.2, 0) is 19.2 Å². The quantitative estimate of drug-likeness (QED) is 0.336. The first-order chi connectivity index (χ1) is 18.5. The monoisotopic (exact) mass is 554 g/mol. The minimum absolute atomic E-state index is 0.0953. The van der Waals surface area contributed by atoms with Gasteiger partial charge >= 0.3 is 0 Å². The average molecular weight is 555 g/mol. The molecular formula is C28H24ClFN2O7. The highest BCUT2D eigenvalue weighted by Gasteiger charge is 2.67. The standard InChI is InChI=1S/C28H24ClFN2O7/c1-28-17(25(35)31(27(28)37)13-4-7-19(30)18(29)10-13)11-16-14(5-6-15-22(16)26(36)32(38)24(15)34)23(28)12-3-8-20(33)21(9-12)39-2/h3-5,7-10,15-17,22-23,33,38H,6,11H2,1-2H3/t15-,16+,17-,22-,23-,28+/m0/s1. The molecule has 0 bridgehead atoms. The SMILES string of the molecule is COc1cc([C@H]2C3=CC[C@@H]4C(=O)N(O)C(=O)[C@@H]4[C@@H]3C[C@H]3C(=O)N(c4ccc(F)c(Cl)c4)C(=O)[C@@]23C)ccc1O. The van der Waals surface area contributed by atoms with E-state index in [0.29, 0.717) is 11.1 Å². The predicted molar refractivity (Wildman–Crippen MR) is 134 cm³/mol. The fourth-order valence-electron chi connectivity index (χ4n) is 7.12. The van der Waals surface area contributed by atoms with Gasteiger partial charge in [-0.05, 0) is 61.6 Å². The van der Waals surface area contributed by atoms with Crippen molar-refractivity contribution >= 4 is 40.9 Å². The fraction of sp³-hybridized carbons (Fsp3) is 0.357. The molecule has 2 aliphatic carbocycles. The maximum absolute atomic E-state index is 14.2. The van der Waals surface area contributed by atoms with Gasteiger partial charge in [0.15, 0.2) is 11.5 Å². The van der Waals surface area contributed by atoms with Crippen LogP contribution in [0.2, 0.25) is 5.02 Å². The molecule has 3 fully saturated rings. The Morgan fingerprint density at radius 3 is 2.49 bits per heavy atom. The first kappa shape index (κ1) is 25.5. The number of ether oxygens (including phenoxy) is 1. The lowest BCUT2D eigenvalue weighted by Gasteiger charge is -2.49. The Balaban J connectivity index is 1.55. The summed E-state index contributed by atoms with van der Waals surface area (Å²) in [6, 6.07) is 8.26. The summed E-state index contributed by atoms with van der Waals surface area (Å²) in [4.78, 5) is 54.8. The van der Waals surface area contributed by atoms with Crippen molar-refractivity contribution in [2.24, 2.45) is 29.1 Å². The number of carbonyl (C=O) groups is 4. The number of hydrogen-bond donors (Lipinski definition) is 2. The highest BCUT2D eigenvalue weighted by molar-refractivity contribution is 6.31. The van der Waals surface area contributed by atoms with Crippen LogP contribution in [0.4, 0.5) is 10.1 Å². The number of methoxy groups -OCH3 is 1. The van der Waals surface area contributed by atoms with Crippen LogP contribution in [0.3, 0.4) is 0 Å². The molecule has 2 saturated heterocycles. The lowest BCUT2D eigenvalue weighted by Crippen LogP contribution is -2.48. The number of imide groups is 2. The number of aromatic hydroxyl groups is 1. The zero-order valence-corrected chi connectivity index (χ0v) is 21.7. The second-order valence-corrected chi connectivity index (χ2v) is 11.1. The summed E-state index contributed by atoms with van der Waals surface area (Å²) >= 11 is 5.98. The molecule has 2 heterocycles. The number of amides is 4. The molecule has 0 unspecified atom stereocenters. The predicted octanol–water partition coefficient (Wildman–Crippen LogP) is 3.81. The molecule has 4 aliphatic rings. The highest BCUT2D eigenvalue weighted by Crippen LogP contribution is 2.63. The van der Waals surface area contributed by atoms with Crippen LogP contribution in [0.5, 0.6) is 11.5 Å². The first-order valence-corrected chi connectivity index (χ1v) is 12.9. The number of benzene rings is 2. The molecule has 6 atom stereocenters. The van der Waals surface area contributed by atoms with Gasteiger partial charge in [-0.1, -0.05) is 29.3 Å². The zero-order valence-electron chi connectivity index (χ0n) is 20.9. The molecule has 39 heavy (non-hydrogen) atoms. The van der Waals surface area contributed by atoms with Crippen LogP contribution >= 0.6 is 11.6 Å². The maximum Gasteiger partial charge on any atom is 0.257 e. The number of phenolic OH excluding ortho intramolecular Hbond substituents is 1. The van der Waals surface area contributed by atoms with Gasteiger partial charge in [0, 0.05) is 5.92 Å². The van der Waals surface area contributed by atoms with E-state index in [4.69, 9.17) is 16.3 Å². The molecular weight excluding hydrogens is 531 g/mol. The molecule has 4 amide bonds. The minimum Gasteiger partial charge on any atom is -0.504 e. The number of rotatable bonds is 3. The summed E-state index contributed by atoms with van der Waals surface area (Å²) in [6.45, 7) is 1.69. The van der Waals surface area contributed by atoms with Crippen LogP contribution in [0.25, 0.3) is 0 Å². The second kappa shape index (κ2) is 8.62. The molecule has 11 heteroatoms. The number of phenols is 1. The van der Waals surface area contributed by atoms with Crippen LogP contribution in [-0.4, -0.2) is 46.1 Å². The van der Waals surface area contributed by atoms with Crippen molar-refractivity contribution in [1.82, 2.24) is 5.06 Å². The van der Waals surface area contributed by atoms with E-state index < -0.39 is 64.5 Å². The van der Waals surface area contributed by atoms with Crippen molar-refractivity contribution in [3.63, 3.8) is 0 Å². The fourth-order valence-corrected chi connectivity index (χ4v) is 7.30. The molecule has 0 spiro atoms. The smallest absolute Gasteiger partial charge is 0.257 e. The molecule has 2 N–H and O–H groups in total. The molecule has 2 aromatic rings. The molecule has 2 aromatic carbocycles. The van der Waals surface area contributed by atoms with Crippen molar-refractivity contribution in [2.75, 3.05) is 12.0 Å². The van der Waals surface area contributed by atoms with Gasteiger partial charge in [-0.2, -0.15) is 5.06 Å². The lowest BCUT2D eigenvalue weighted by molar-refractivity contribution is -0.173. The van der Waals surface area contributed by atoms with E-state index in [1.54, 1.807) is 19.1 Å². The number of hydrogen-bond acceptors (Lipinski definition) is 7. The molecule has 0 radical (unpaired) electrons. The van der Waals surface area contributed by atoms with Gasteiger partial charge in [0.2, 0.25) is 11.8 Å². The Morgan fingerprint density at radius 2 is 1.79 bits per heavy atom. The van der Waals surface area contributed by atoms with Gasteiger partial charge in [-0.25, -0.2) is 9.29 Å². The minimum atomic E-state index is -1.33. The number of halogens is 2. The molecule has 202 valence electrons. The number of carbonyl (C=O) groups excluding carboxylic acids is 4. The Labute approximate surface area is 227 Å². The van der Waals surface area contributed by atoms with Crippen molar-refractivity contribution in [2.45, 2.75) is 25.7 Å². The van der Waals surface area contributed by atoms with Crippen LogP contribution in [0.1, 0.15) is 31.2 Å². The molecule has 0 aromatic heterocycles. The lowest BCUT2D eigenvalue weighted by atomic mass is 9.51. The van der Waals surface area contributed by atoms with Gasteiger partial charge in [0.05, 0.1) is 41.0 Å². The number of nitrogens with zero attached hydrogens (tertiary/aromatic N) is 2. The molecule has 1 saturated carbocycles. The summed E-state index contributed by atoms with van der Waals surface area (Å²) in [7, 11) is 1.39. The van der Waals surface area contributed by atoms with Crippen molar-refractivity contribution in [1.29, 1.82) is 0 Å². The van der Waals surface area contributed by atoms with E-state index in [-0.39, 0.29) is 40.1 Å². The van der Waals surface area contributed by atoms with Crippen LogP contribution < -0.4 is 9.64 Å². The van der Waals surface area contributed by atoms with Crippen LogP contribution in [0.15, 0.2) is 48.0 Å². The molecule has 9 nitrogen and oxygen atoms in total. The molecule has 2 aliphatic heterocycles. The van der Waals surface area contributed by atoms with Crippen molar-refractivity contribution in [3.05, 3.63) is 64.5 Å². The largest absolute Gasteiger partial charge is 0.504 e. The maximum atomic E-state index is 14.2. The van der Waals surface area contributed by atoms with Gasteiger partial charge in [0.25, 0.3) is 11.8 Å². The number of allylic oxidation sites excluding steroid dienone is 2. The van der Waals surface area contributed by atoms with Crippen molar-refractivity contribution < 1.29 is 38.6 Å². The van der Waals surface area contributed by atoms with Gasteiger partial charge in [0.1, 0.15) is 5.82 Å². The summed E-state index contributed by atoms with van der Waals surface area (Å²) in [5.74, 6) is -7.01. The Morgan fingerprint density at radius 1 is 1.05 bits per heavy atom.